The molecule has 2 heterocycles. The number of benzene rings is 1. The standard InChI is InChI=1S/C18H18ClFN2O2.ClH/c1-18(2)10-22(15(23)8-19)14-7-12(9-21-17(14)18)16(24)11-3-5-13(20)6-4-11;/h3-7,9,16,24H,8,10H2,1-2H3;1H/t16-;/m1./s1. The van der Waals surface area contributed by atoms with Gasteiger partial charge in [-0.15, -0.1) is 24.0 Å². The van der Waals surface area contributed by atoms with E-state index in [0.29, 0.717) is 23.4 Å². The Bertz CT molecular complexity index is 781. The lowest BCUT2D eigenvalue weighted by Crippen LogP contribution is -2.34. The summed E-state index contributed by atoms with van der Waals surface area (Å²) >= 11 is 5.71. The molecule has 1 N–H and O–H groups in total. The van der Waals surface area contributed by atoms with Gasteiger partial charge in [0, 0.05) is 23.7 Å². The molecule has 0 saturated carbocycles. The van der Waals surface area contributed by atoms with Crippen LogP contribution in [-0.2, 0) is 10.2 Å². The van der Waals surface area contributed by atoms with Crippen LogP contribution >= 0.6 is 24.0 Å². The van der Waals surface area contributed by atoms with Crippen molar-refractivity contribution in [2.45, 2.75) is 25.4 Å². The molecule has 1 amide bonds. The summed E-state index contributed by atoms with van der Waals surface area (Å²) in [5.41, 5.74) is 2.30. The SMILES string of the molecule is CC1(C)CN(C(=O)CCl)c2cc([C@H](O)c3ccc(F)cc3)cnc21.Cl. The van der Waals surface area contributed by atoms with Gasteiger partial charge < -0.3 is 10.0 Å². The third kappa shape index (κ3) is 3.64. The van der Waals surface area contributed by atoms with Gasteiger partial charge in [-0.1, -0.05) is 26.0 Å². The average molecular weight is 385 g/mol. The number of amides is 1. The summed E-state index contributed by atoms with van der Waals surface area (Å²) in [6.07, 6.45) is 0.656. The molecular weight excluding hydrogens is 366 g/mol. The summed E-state index contributed by atoms with van der Waals surface area (Å²) in [5.74, 6) is -0.669. The molecule has 0 radical (unpaired) electrons. The fourth-order valence-electron chi connectivity index (χ4n) is 3.03. The first-order valence-corrected chi connectivity index (χ1v) is 8.17. The van der Waals surface area contributed by atoms with E-state index in [9.17, 15) is 14.3 Å². The Morgan fingerprint density at radius 2 is 2.00 bits per heavy atom. The molecule has 0 fully saturated rings. The van der Waals surface area contributed by atoms with Crippen LogP contribution in [0.25, 0.3) is 0 Å². The second-order valence-corrected chi connectivity index (χ2v) is 6.86. The highest BCUT2D eigenvalue weighted by atomic mass is 35.5. The largest absolute Gasteiger partial charge is 0.384 e. The molecule has 4 nitrogen and oxygen atoms in total. The third-order valence-corrected chi connectivity index (χ3v) is 4.52. The molecule has 1 atom stereocenters. The summed E-state index contributed by atoms with van der Waals surface area (Å²) in [4.78, 5) is 18.2. The molecule has 0 bridgehead atoms. The van der Waals surface area contributed by atoms with Crippen LogP contribution in [0, 0.1) is 5.82 Å². The number of hydrogen-bond donors (Lipinski definition) is 1. The van der Waals surface area contributed by atoms with E-state index in [1.54, 1.807) is 17.2 Å². The van der Waals surface area contributed by atoms with E-state index in [-0.39, 0.29) is 35.4 Å². The lowest BCUT2D eigenvalue weighted by molar-refractivity contribution is -0.116. The van der Waals surface area contributed by atoms with Gasteiger partial charge in [-0.25, -0.2) is 4.39 Å². The Kier molecular flexibility index (Phi) is 5.72. The fraction of sp³-hybridized carbons (Fsp3) is 0.333. The first-order valence-electron chi connectivity index (χ1n) is 7.64. The van der Waals surface area contributed by atoms with Crippen molar-refractivity contribution in [1.82, 2.24) is 4.98 Å². The van der Waals surface area contributed by atoms with E-state index >= 15 is 0 Å². The normalized spacial score (nSPS) is 16.1. The summed E-state index contributed by atoms with van der Waals surface area (Å²) in [6.45, 7) is 4.52. The Morgan fingerprint density at radius 1 is 1.36 bits per heavy atom. The van der Waals surface area contributed by atoms with E-state index in [1.807, 2.05) is 13.8 Å². The van der Waals surface area contributed by atoms with E-state index in [2.05, 4.69) is 4.98 Å². The molecule has 2 aromatic rings. The third-order valence-electron chi connectivity index (χ3n) is 4.29. The number of carbonyl (C=O) groups is 1. The lowest BCUT2D eigenvalue weighted by Gasteiger charge is -2.19. The predicted octanol–water partition coefficient (Wildman–Crippen LogP) is 3.59. The van der Waals surface area contributed by atoms with Crippen molar-refractivity contribution in [3.05, 3.63) is 59.2 Å². The van der Waals surface area contributed by atoms with Gasteiger partial charge in [-0.3, -0.25) is 9.78 Å². The number of rotatable bonds is 3. The number of aliphatic hydroxyl groups is 1. The minimum absolute atomic E-state index is 0. The van der Waals surface area contributed by atoms with E-state index in [4.69, 9.17) is 11.6 Å². The number of anilines is 1. The van der Waals surface area contributed by atoms with Gasteiger partial charge >= 0.3 is 0 Å². The van der Waals surface area contributed by atoms with Crippen LogP contribution in [0.3, 0.4) is 0 Å². The number of fused-ring (bicyclic) bond motifs is 1. The molecule has 7 heteroatoms. The maximum absolute atomic E-state index is 13.0. The molecule has 0 spiro atoms. The van der Waals surface area contributed by atoms with Crippen molar-refractivity contribution in [2.24, 2.45) is 0 Å². The molecule has 0 aliphatic carbocycles. The van der Waals surface area contributed by atoms with Gasteiger partial charge in [0.15, 0.2) is 0 Å². The highest BCUT2D eigenvalue weighted by Crippen LogP contribution is 2.40. The number of aliphatic hydroxyl groups excluding tert-OH is 1. The minimum atomic E-state index is -0.944. The average Bonchev–Trinajstić information content (AvgIpc) is 2.85. The number of nitrogens with zero attached hydrogens (tertiary/aromatic N) is 2. The van der Waals surface area contributed by atoms with Crippen molar-refractivity contribution in [1.29, 1.82) is 0 Å². The van der Waals surface area contributed by atoms with Crippen molar-refractivity contribution in [3.8, 4) is 0 Å². The zero-order valence-electron chi connectivity index (χ0n) is 13.9. The second-order valence-electron chi connectivity index (χ2n) is 6.59. The van der Waals surface area contributed by atoms with Gasteiger partial charge in [0.2, 0.25) is 5.91 Å². The first kappa shape index (κ1) is 19.6. The number of alkyl halides is 1. The monoisotopic (exact) mass is 384 g/mol. The van der Waals surface area contributed by atoms with Crippen molar-refractivity contribution in [3.63, 3.8) is 0 Å². The zero-order valence-corrected chi connectivity index (χ0v) is 15.4. The molecule has 25 heavy (non-hydrogen) atoms. The van der Waals surface area contributed by atoms with Gasteiger partial charge in [0.1, 0.15) is 17.8 Å². The molecule has 1 aromatic carbocycles. The van der Waals surface area contributed by atoms with Crippen LogP contribution in [0.15, 0.2) is 36.5 Å². The van der Waals surface area contributed by atoms with Crippen molar-refractivity contribution < 1.29 is 14.3 Å². The molecule has 0 saturated heterocycles. The Labute approximate surface area is 157 Å². The van der Waals surface area contributed by atoms with Crippen molar-refractivity contribution in [2.75, 3.05) is 17.3 Å². The van der Waals surface area contributed by atoms with E-state index in [1.165, 1.54) is 24.3 Å². The summed E-state index contributed by atoms with van der Waals surface area (Å²) < 4.78 is 13.0. The summed E-state index contributed by atoms with van der Waals surface area (Å²) in [5, 5.41) is 10.5. The topological polar surface area (TPSA) is 53.4 Å². The zero-order chi connectivity index (χ0) is 17.5. The summed E-state index contributed by atoms with van der Waals surface area (Å²) in [6, 6.07) is 7.41. The second kappa shape index (κ2) is 7.28. The molecule has 3 rings (SSSR count). The van der Waals surface area contributed by atoms with E-state index < -0.39 is 6.10 Å². The van der Waals surface area contributed by atoms with Crippen LogP contribution in [0.5, 0.6) is 0 Å². The maximum Gasteiger partial charge on any atom is 0.241 e. The quantitative estimate of drug-likeness (QED) is 0.822. The van der Waals surface area contributed by atoms with Gasteiger partial charge in [-0.05, 0) is 23.8 Å². The molecule has 0 unspecified atom stereocenters. The maximum atomic E-state index is 13.0. The molecule has 1 aliphatic rings. The van der Waals surface area contributed by atoms with Crippen LogP contribution in [-0.4, -0.2) is 28.4 Å². The first-order chi connectivity index (χ1) is 11.3. The van der Waals surface area contributed by atoms with Crippen LogP contribution in [0.4, 0.5) is 10.1 Å². The van der Waals surface area contributed by atoms with Crippen molar-refractivity contribution >= 4 is 35.6 Å². The van der Waals surface area contributed by atoms with E-state index in [0.717, 1.165) is 5.69 Å². The number of carbonyl (C=O) groups excluding carboxylic acids is 1. The predicted molar refractivity (Wildman–Crippen MR) is 98.0 cm³/mol. The Hall–Kier alpha value is -1.69. The number of hydrogen-bond acceptors (Lipinski definition) is 3. The number of pyridine rings is 1. The highest BCUT2D eigenvalue weighted by Gasteiger charge is 2.39. The van der Waals surface area contributed by atoms with Crippen LogP contribution < -0.4 is 4.90 Å². The lowest BCUT2D eigenvalue weighted by atomic mass is 9.90. The number of halogens is 3. The van der Waals surface area contributed by atoms with Gasteiger partial charge in [-0.2, -0.15) is 0 Å². The molecule has 1 aromatic heterocycles. The molecular formula is C18H19Cl2FN2O2. The molecule has 1 aliphatic heterocycles. The fourth-order valence-corrected chi connectivity index (χ4v) is 3.18. The minimum Gasteiger partial charge on any atom is -0.384 e. The van der Waals surface area contributed by atoms with Crippen LogP contribution in [0.1, 0.15) is 36.8 Å². The smallest absolute Gasteiger partial charge is 0.241 e. The van der Waals surface area contributed by atoms with Crippen LogP contribution in [0.2, 0.25) is 0 Å². The Morgan fingerprint density at radius 3 is 2.60 bits per heavy atom. The van der Waals surface area contributed by atoms with Gasteiger partial charge in [0.25, 0.3) is 0 Å². The van der Waals surface area contributed by atoms with Gasteiger partial charge in [0.05, 0.1) is 11.4 Å². The Balaban J connectivity index is 0.00000225. The summed E-state index contributed by atoms with van der Waals surface area (Å²) in [7, 11) is 0. The molecule has 134 valence electrons. The highest BCUT2D eigenvalue weighted by molar-refractivity contribution is 6.29. The number of aromatic nitrogens is 1.